The Hall–Kier alpha value is -1.84. The molecule has 0 aliphatic carbocycles. The van der Waals surface area contributed by atoms with Gasteiger partial charge in [0.05, 0.1) is 0 Å². The fourth-order valence-electron chi connectivity index (χ4n) is 2.12. The van der Waals surface area contributed by atoms with Gasteiger partial charge < -0.3 is 10.2 Å². The van der Waals surface area contributed by atoms with Gasteiger partial charge in [0.2, 0.25) is 11.8 Å². The quantitative estimate of drug-likeness (QED) is 0.908. The fraction of sp³-hybridized carbons (Fsp3) is 0.467. The van der Waals surface area contributed by atoms with Gasteiger partial charge in [0.1, 0.15) is 0 Å². The largest absolute Gasteiger partial charge is 0.326 e. The highest BCUT2D eigenvalue weighted by atomic mass is 16.2. The van der Waals surface area contributed by atoms with Crippen molar-refractivity contribution in [2.75, 3.05) is 16.8 Å². The maximum absolute atomic E-state index is 11.9. The molecule has 2 rings (SSSR count). The lowest BCUT2D eigenvalue weighted by Gasteiger charge is -2.27. The van der Waals surface area contributed by atoms with Crippen molar-refractivity contribution >= 4 is 23.2 Å². The minimum absolute atomic E-state index is 0.0119. The third-order valence-corrected chi connectivity index (χ3v) is 3.27. The van der Waals surface area contributed by atoms with E-state index in [9.17, 15) is 9.59 Å². The van der Waals surface area contributed by atoms with Crippen molar-refractivity contribution in [2.24, 2.45) is 5.92 Å². The van der Waals surface area contributed by atoms with Crippen LogP contribution in [0, 0.1) is 5.92 Å². The molecule has 1 heterocycles. The molecule has 0 radical (unpaired) electrons. The SMILES string of the molecule is CC(C)C(=O)Nc1cccc(N2CCCCC2=O)c1. The van der Waals surface area contributed by atoms with Gasteiger partial charge >= 0.3 is 0 Å². The van der Waals surface area contributed by atoms with E-state index in [4.69, 9.17) is 0 Å². The lowest BCUT2D eigenvalue weighted by molar-refractivity contribution is -0.120. The van der Waals surface area contributed by atoms with E-state index in [-0.39, 0.29) is 17.7 Å². The molecule has 4 heteroatoms. The smallest absolute Gasteiger partial charge is 0.226 e. The molecule has 0 saturated carbocycles. The Morgan fingerprint density at radius 2 is 2.11 bits per heavy atom. The molecule has 1 N–H and O–H groups in total. The lowest BCUT2D eigenvalue weighted by Crippen LogP contribution is -2.35. The predicted octanol–water partition coefficient (Wildman–Crippen LogP) is 2.80. The van der Waals surface area contributed by atoms with E-state index in [0.717, 1.165) is 30.8 Å². The van der Waals surface area contributed by atoms with Crippen molar-refractivity contribution in [3.8, 4) is 0 Å². The minimum Gasteiger partial charge on any atom is -0.326 e. The Kier molecular flexibility index (Phi) is 4.20. The first-order chi connectivity index (χ1) is 9.08. The van der Waals surface area contributed by atoms with Gasteiger partial charge in [-0.2, -0.15) is 0 Å². The first-order valence-electron chi connectivity index (χ1n) is 6.79. The van der Waals surface area contributed by atoms with Gasteiger partial charge in [-0.3, -0.25) is 9.59 Å². The van der Waals surface area contributed by atoms with Gasteiger partial charge in [-0.1, -0.05) is 19.9 Å². The van der Waals surface area contributed by atoms with E-state index < -0.39 is 0 Å². The van der Waals surface area contributed by atoms with Crippen molar-refractivity contribution in [2.45, 2.75) is 33.1 Å². The van der Waals surface area contributed by atoms with Crippen LogP contribution in [0.4, 0.5) is 11.4 Å². The van der Waals surface area contributed by atoms with Crippen LogP contribution in [0.15, 0.2) is 24.3 Å². The van der Waals surface area contributed by atoms with E-state index >= 15 is 0 Å². The lowest BCUT2D eigenvalue weighted by atomic mass is 10.1. The van der Waals surface area contributed by atoms with Crippen LogP contribution in [-0.2, 0) is 9.59 Å². The zero-order valence-electron chi connectivity index (χ0n) is 11.5. The Balaban J connectivity index is 2.14. The number of hydrogen-bond acceptors (Lipinski definition) is 2. The number of nitrogens with one attached hydrogen (secondary N) is 1. The van der Waals surface area contributed by atoms with E-state index in [2.05, 4.69) is 5.32 Å². The van der Waals surface area contributed by atoms with Crippen LogP contribution >= 0.6 is 0 Å². The zero-order valence-corrected chi connectivity index (χ0v) is 11.5. The first-order valence-corrected chi connectivity index (χ1v) is 6.79. The highest BCUT2D eigenvalue weighted by Crippen LogP contribution is 2.24. The minimum atomic E-state index is -0.0553. The zero-order chi connectivity index (χ0) is 13.8. The second kappa shape index (κ2) is 5.87. The Morgan fingerprint density at radius 3 is 2.79 bits per heavy atom. The average molecular weight is 260 g/mol. The highest BCUT2D eigenvalue weighted by Gasteiger charge is 2.19. The maximum atomic E-state index is 11.9. The number of hydrogen-bond donors (Lipinski definition) is 1. The Bertz CT molecular complexity index is 483. The highest BCUT2D eigenvalue weighted by molar-refractivity contribution is 5.96. The molecular weight excluding hydrogens is 240 g/mol. The number of carbonyl (C=O) groups is 2. The summed E-state index contributed by atoms with van der Waals surface area (Å²) in [7, 11) is 0. The molecule has 0 aromatic heterocycles. The summed E-state index contributed by atoms with van der Waals surface area (Å²) >= 11 is 0. The number of benzene rings is 1. The summed E-state index contributed by atoms with van der Waals surface area (Å²) in [5, 5.41) is 2.86. The van der Waals surface area contributed by atoms with Gasteiger partial charge in [0.15, 0.2) is 0 Å². The Labute approximate surface area is 113 Å². The molecule has 102 valence electrons. The molecule has 2 amide bonds. The third-order valence-electron chi connectivity index (χ3n) is 3.27. The monoisotopic (exact) mass is 260 g/mol. The first kappa shape index (κ1) is 13.6. The average Bonchev–Trinajstić information content (AvgIpc) is 2.39. The van der Waals surface area contributed by atoms with E-state index in [1.165, 1.54) is 0 Å². The predicted molar refractivity (Wildman–Crippen MR) is 76.1 cm³/mol. The molecule has 1 aliphatic rings. The number of rotatable bonds is 3. The molecule has 1 aromatic carbocycles. The standard InChI is InChI=1S/C15H20N2O2/c1-11(2)15(19)16-12-6-5-7-13(10-12)17-9-4-3-8-14(17)18/h5-7,10-11H,3-4,8-9H2,1-2H3,(H,16,19). The fourth-order valence-corrected chi connectivity index (χ4v) is 2.12. The van der Waals surface area contributed by atoms with Crippen LogP contribution in [0.25, 0.3) is 0 Å². The summed E-state index contributed by atoms with van der Waals surface area (Å²) in [6, 6.07) is 7.49. The van der Waals surface area contributed by atoms with Crippen molar-refractivity contribution in [1.82, 2.24) is 0 Å². The molecule has 0 unspecified atom stereocenters. The normalized spacial score (nSPS) is 15.7. The molecule has 0 spiro atoms. The van der Waals surface area contributed by atoms with Crippen molar-refractivity contribution in [1.29, 1.82) is 0 Å². The van der Waals surface area contributed by atoms with Crippen molar-refractivity contribution < 1.29 is 9.59 Å². The summed E-state index contributed by atoms with van der Waals surface area (Å²) in [6.07, 6.45) is 2.62. The second-order valence-corrected chi connectivity index (χ2v) is 5.20. The molecule has 19 heavy (non-hydrogen) atoms. The van der Waals surface area contributed by atoms with E-state index in [1.807, 2.05) is 38.1 Å². The van der Waals surface area contributed by atoms with Gasteiger partial charge in [-0.25, -0.2) is 0 Å². The molecule has 0 bridgehead atoms. The third kappa shape index (κ3) is 3.34. The summed E-state index contributed by atoms with van der Waals surface area (Å²) in [4.78, 5) is 25.3. The number of nitrogens with zero attached hydrogens (tertiary/aromatic N) is 1. The van der Waals surface area contributed by atoms with Gasteiger partial charge in [0.25, 0.3) is 0 Å². The van der Waals surface area contributed by atoms with Crippen molar-refractivity contribution in [3.63, 3.8) is 0 Å². The molecule has 1 saturated heterocycles. The number of carbonyl (C=O) groups excluding carboxylic acids is 2. The number of piperidine rings is 1. The summed E-state index contributed by atoms with van der Waals surface area (Å²) in [6.45, 7) is 4.47. The van der Waals surface area contributed by atoms with Crippen LogP contribution in [-0.4, -0.2) is 18.4 Å². The topological polar surface area (TPSA) is 49.4 Å². The molecule has 1 aliphatic heterocycles. The maximum Gasteiger partial charge on any atom is 0.226 e. The van der Waals surface area contributed by atoms with Crippen LogP contribution in [0.3, 0.4) is 0 Å². The van der Waals surface area contributed by atoms with Gasteiger partial charge in [-0.05, 0) is 31.0 Å². The molecule has 1 aromatic rings. The van der Waals surface area contributed by atoms with Crippen LogP contribution < -0.4 is 10.2 Å². The molecule has 4 nitrogen and oxygen atoms in total. The van der Waals surface area contributed by atoms with Crippen LogP contribution in [0.5, 0.6) is 0 Å². The van der Waals surface area contributed by atoms with E-state index in [1.54, 1.807) is 4.90 Å². The van der Waals surface area contributed by atoms with Crippen LogP contribution in [0.2, 0.25) is 0 Å². The molecular formula is C15H20N2O2. The molecule has 0 atom stereocenters. The molecule has 1 fully saturated rings. The Morgan fingerprint density at radius 1 is 1.32 bits per heavy atom. The summed E-state index contributed by atoms with van der Waals surface area (Å²) in [5.41, 5.74) is 1.61. The summed E-state index contributed by atoms with van der Waals surface area (Å²) in [5.74, 6) is 0.0981. The van der Waals surface area contributed by atoms with E-state index in [0.29, 0.717) is 6.42 Å². The number of anilines is 2. The van der Waals surface area contributed by atoms with Crippen LogP contribution in [0.1, 0.15) is 33.1 Å². The number of amides is 2. The van der Waals surface area contributed by atoms with Gasteiger partial charge in [0, 0.05) is 30.3 Å². The van der Waals surface area contributed by atoms with Crippen molar-refractivity contribution in [3.05, 3.63) is 24.3 Å². The van der Waals surface area contributed by atoms with Gasteiger partial charge in [-0.15, -0.1) is 0 Å². The second-order valence-electron chi connectivity index (χ2n) is 5.20. The summed E-state index contributed by atoms with van der Waals surface area (Å²) < 4.78 is 0.